The first kappa shape index (κ1) is 13.3. The lowest BCUT2D eigenvalue weighted by molar-refractivity contribution is -0.00540. The van der Waals surface area contributed by atoms with E-state index in [9.17, 15) is 0 Å². The summed E-state index contributed by atoms with van der Waals surface area (Å²) in [6.45, 7) is 9.82. The third-order valence-corrected chi connectivity index (χ3v) is 3.66. The van der Waals surface area contributed by atoms with E-state index in [0.29, 0.717) is 0 Å². The molecule has 108 valence electrons. The molecular formula is C14H21N5O. The van der Waals surface area contributed by atoms with Crippen molar-refractivity contribution < 1.29 is 4.74 Å². The highest BCUT2D eigenvalue weighted by Crippen LogP contribution is 2.27. The van der Waals surface area contributed by atoms with Crippen LogP contribution in [0, 0.1) is 13.8 Å². The number of hydrogen-bond acceptors (Lipinski definition) is 5. The number of rotatable bonds is 1. The zero-order valence-corrected chi connectivity index (χ0v) is 12.7. The molecule has 2 aromatic heterocycles. The van der Waals surface area contributed by atoms with Crippen molar-refractivity contribution >= 4 is 16.9 Å². The highest BCUT2D eigenvalue weighted by atomic mass is 16.5. The summed E-state index contributed by atoms with van der Waals surface area (Å²) in [5, 5.41) is 4.48. The van der Waals surface area contributed by atoms with E-state index in [1.807, 2.05) is 25.6 Å². The van der Waals surface area contributed by atoms with Crippen molar-refractivity contribution in [1.29, 1.82) is 0 Å². The van der Waals surface area contributed by atoms with E-state index in [-0.39, 0.29) is 12.2 Å². The Morgan fingerprint density at radius 2 is 1.75 bits per heavy atom. The Bertz CT molecular complexity index is 641. The fourth-order valence-electron chi connectivity index (χ4n) is 3.00. The molecule has 0 N–H and O–H groups in total. The minimum Gasteiger partial charge on any atom is -0.372 e. The van der Waals surface area contributed by atoms with Gasteiger partial charge in [0.05, 0.1) is 17.9 Å². The third-order valence-electron chi connectivity index (χ3n) is 3.66. The van der Waals surface area contributed by atoms with E-state index in [1.54, 1.807) is 0 Å². The van der Waals surface area contributed by atoms with Gasteiger partial charge in [0.25, 0.3) is 0 Å². The van der Waals surface area contributed by atoms with Gasteiger partial charge in [-0.25, -0.2) is 9.97 Å². The second-order valence-electron chi connectivity index (χ2n) is 5.66. The van der Waals surface area contributed by atoms with Gasteiger partial charge in [-0.2, -0.15) is 5.10 Å². The Balaban J connectivity index is 2.15. The van der Waals surface area contributed by atoms with Crippen LogP contribution in [-0.2, 0) is 11.8 Å². The van der Waals surface area contributed by atoms with E-state index in [2.05, 4.69) is 33.8 Å². The number of anilines is 1. The normalized spacial score (nSPS) is 23.6. The Morgan fingerprint density at radius 1 is 1.10 bits per heavy atom. The SMILES string of the molecule is Cc1nc(N2C[C@@H](C)O[C@@H](C)C2)c2c(n1)c(C)nn2C. The van der Waals surface area contributed by atoms with Crippen molar-refractivity contribution in [2.75, 3.05) is 18.0 Å². The first-order valence-electron chi connectivity index (χ1n) is 7.04. The maximum Gasteiger partial charge on any atom is 0.158 e. The number of aromatic nitrogens is 4. The van der Waals surface area contributed by atoms with Gasteiger partial charge >= 0.3 is 0 Å². The number of nitrogens with zero attached hydrogens (tertiary/aromatic N) is 5. The number of aryl methyl sites for hydroxylation is 3. The van der Waals surface area contributed by atoms with E-state index in [1.165, 1.54) is 0 Å². The van der Waals surface area contributed by atoms with Crippen LogP contribution in [-0.4, -0.2) is 45.0 Å². The molecule has 6 nitrogen and oxygen atoms in total. The molecule has 0 bridgehead atoms. The van der Waals surface area contributed by atoms with Crippen LogP contribution in [0.2, 0.25) is 0 Å². The molecule has 0 saturated carbocycles. The molecule has 0 unspecified atom stereocenters. The monoisotopic (exact) mass is 275 g/mol. The molecular weight excluding hydrogens is 254 g/mol. The zero-order chi connectivity index (χ0) is 14.4. The fraction of sp³-hybridized carbons (Fsp3) is 0.643. The Hall–Kier alpha value is -1.69. The van der Waals surface area contributed by atoms with Crippen molar-refractivity contribution in [3.8, 4) is 0 Å². The summed E-state index contributed by atoms with van der Waals surface area (Å²) in [6.07, 6.45) is 0.414. The molecule has 6 heteroatoms. The average Bonchev–Trinajstić information content (AvgIpc) is 2.62. The van der Waals surface area contributed by atoms with E-state index in [0.717, 1.165) is 41.5 Å². The number of fused-ring (bicyclic) bond motifs is 1. The molecule has 1 saturated heterocycles. The van der Waals surface area contributed by atoms with Crippen molar-refractivity contribution in [2.45, 2.75) is 39.9 Å². The van der Waals surface area contributed by atoms with E-state index < -0.39 is 0 Å². The molecule has 3 heterocycles. The van der Waals surface area contributed by atoms with Gasteiger partial charge in [-0.1, -0.05) is 0 Å². The smallest absolute Gasteiger partial charge is 0.158 e. The van der Waals surface area contributed by atoms with Crippen molar-refractivity contribution in [2.24, 2.45) is 7.05 Å². The lowest BCUT2D eigenvalue weighted by atomic mass is 10.2. The van der Waals surface area contributed by atoms with Gasteiger partial charge in [0.2, 0.25) is 0 Å². The largest absolute Gasteiger partial charge is 0.372 e. The molecule has 1 fully saturated rings. The topological polar surface area (TPSA) is 56.1 Å². The molecule has 20 heavy (non-hydrogen) atoms. The van der Waals surface area contributed by atoms with Crippen LogP contribution in [0.4, 0.5) is 5.82 Å². The van der Waals surface area contributed by atoms with Gasteiger partial charge < -0.3 is 9.64 Å². The first-order valence-corrected chi connectivity index (χ1v) is 7.04. The fourth-order valence-corrected chi connectivity index (χ4v) is 3.00. The molecule has 2 aromatic rings. The van der Waals surface area contributed by atoms with Crippen LogP contribution < -0.4 is 4.90 Å². The second kappa shape index (κ2) is 4.70. The molecule has 3 rings (SSSR count). The minimum absolute atomic E-state index is 0.207. The summed E-state index contributed by atoms with van der Waals surface area (Å²) in [5.74, 6) is 1.76. The van der Waals surface area contributed by atoms with E-state index >= 15 is 0 Å². The number of ether oxygens (including phenoxy) is 1. The lowest BCUT2D eigenvalue weighted by Crippen LogP contribution is -2.46. The number of hydrogen-bond donors (Lipinski definition) is 0. The van der Waals surface area contributed by atoms with Crippen LogP contribution in [0.15, 0.2) is 0 Å². The highest BCUT2D eigenvalue weighted by Gasteiger charge is 2.26. The Labute approximate surface area is 118 Å². The predicted octanol–water partition coefficient (Wildman–Crippen LogP) is 1.59. The van der Waals surface area contributed by atoms with Gasteiger partial charge in [-0.05, 0) is 27.7 Å². The van der Waals surface area contributed by atoms with Gasteiger partial charge in [0.1, 0.15) is 16.9 Å². The average molecular weight is 275 g/mol. The molecule has 1 aliphatic rings. The molecule has 0 amide bonds. The second-order valence-corrected chi connectivity index (χ2v) is 5.66. The summed E-state index contributed by atoms with van der Waals surface area (Å²) in [5.41, 5.74) is 2.90. The minimum atomic E-state index is 0.207. The van der Waals surface area contributed by atoms with Gasteiger partial charge in [-0.15, -0.1) is 0 Å². The summed E-state index contributed by atoms with van der Waals surface area (Å²) in [6, 6.07) is 0. The quantitative estimate of drug-likeness (QED) is 0.791. The highest BCUT2D eigenvalue weighted by molar-refractivity contribution is 5.88. The molecule has 1 aliphatic heterocycles. The van der Waals surface area contributed by atoms with Crippen LogP contribution in [0.3, 0.4) is 0 Å². The van der Waals surface area contributed by atoms with Crippen molar-refractivity contribution in [3.63, 3.8) is 0 Å². The Kier molecular flexibility index (Phi) is 3.12. The predicted molar refractivity (Wildman–Crippen MR) is 78.0 cm³/mol. The molecule has 0 radical (unpaired) electrons. The summed E-state index contributed by atoms with van der Waals surface area (Å²) in [7, 11) is 1.95. The summed E-state index contributed by atoms with van der Waals surface area (Å²) >= 11 is 0. The van der Waals surface area contributed by atoms with Crippen molar-refractivity contribution in [1.82, 2.24) is 19.7 Å². The lowest BCUT2D eigenvalue weighted by Gasteiger charge is -2.36. The maximum absolute atomic E-state index is 5.81. The molecule has 2 atom stereocenters. The van der Waals surface area contributed by atoms with Gasteiger partial charge in [0, 0.05) is 20.1 Å². The van der Waals surface area contributed by atoms with Crippen LogP contribution in [0.5, 0.6) is 0 Å². The Morgan fingerprint density at radius 3 is 2.40 bits per heavy atom. The zero-order valence-electron chi connectivity index (χ0n) is 12.7. The summed E-state index contributed by atoms with van der Waals surface area (Å²) in [4.78, 5) is 11.5. The van der Waals surface area contributed by atoms with Crippen LogP contribution in [0.25, 0.3) is 11.0 Å². The van der Waals surface area contributed by atoms with Crippen LogP contribution in [0.1, 0.15) is 25.4 Å². The van der Waals surface area contributed by atoms with Gasteiger partial charge in [0.15, 0.2) is 5.82 Å². The molecule has 0 aromatic carbocycles. The van der Waals surface area contributed by atoms with E-state index in [4.69, 9.17) is 4.74 Å². The standard InChI is InChI=1S/C14H21N5O/c1-8-6-19(7-9(2)20-8)14-13-12(15-11(4)16-14)10(3)17-18(13)5/h8-9H,6-7H2,1-5H3/t8-,9+. The van der Waals surface area contributed by atoms with Gasteiger partial charge in [-0.3, -0.25) is 4.68 Å². The first-order chi connectivity index (χ1) is 9.45. The molecule has 0 aliphatic carbocycles. The third kappa shape index (κ3) is 2.14. The maximum atomic E-state index is 5.81. The van der Waals surface area contributed by atoms with Crippen LogP contribution >= 0.6 is 0 Å². The molecule has 0 spiro atoms. The number of morpholine rings is 1. The van der Waals surface area contributed by atoms with Crippen molar-refractivity contribution in [3.05, 3.63) is 11.5 Å². The summed E-state index contributed by atoms with van der Waals surface area (Å²) < 4.78 is 7.69.